The summed E-state index contributed by atoms with van der Waals surface area (Å²) in [4.78, 5) is 8.21. The molecule has 0 aromatic carbocycles. The Labute approximate surface area is 63.4 Å². The van der Waals surface area contributed by atoms with Gasteiger partial charge in [0.1, 0.15) is 0 Å². The van der Waals surface area contributed by atoms with Crippen LogP contribution >= 0.6 is 0 Å². The Bertz CT molecular complexity index is 18.3. The molecule has 0 heterocycles. The van der Waals surface area contributed by atoms with Gasteiger partial charge in [-0.15, -0.1) is 0 Å². The van der Waals surface area contributed by atoms with Crippen LogP contribution in [-0.2, 0) is 0 Å². The fourth-order valence-electron chi connectivity index (χ4n) is 0.158. The maximum atomic E-state index is 8.21. The molecule has 0 spiro atoms. The Kier molecular flexibility index (Phi) is 16.2. The molecule has 0 fully saturated rings. The molecule has 0 aromatic rings. The second kappa shape index (κ2) is 9.49. The van der Waals surface area contributed by atoms with Gasteiger partial charge < -0.3 is 4.80 Å². The van der Waals surface area contributed by atoms with Gasteiger partial charge in [-0.2, -0.15) is 0 Å². The molecule has 1 nitrogen and oxygen atoms in total. The third-order valence-electron chi connectivity index (χ3n) is 0.512. The fourth-order valence-corrected chi connectivity index (χ4v) is 0.474. The molecule has 0 rings (SSSR count). The summed E-state index contributed by atoms with van der Waals surface area (Å²) in [7, 11) is -0.586. The van der Waals surface area contributed by atoms with Crippen molar-refractivity contribution >= 4 is 39.3 Å². The van der Waals surface area contributed by atoms with Gasteiger partial charge in [0.25, 0.3) is 0 Å². The van der Waals surface area contributed by atoms with E-state index in [0.29, 0.717) is 0 Å². The molecule has 0 radical (unpaired) electrons. The molecule has 6 heavy (non-hydrogen) atoms. The van der Waals surface area contributed by atoms with Crippen LogP contribution in [0.5, 0.6) is 0 Å². The topological polar surface area (TPSA) is 20.2 Å². The van der Waals surface area contributed by atoms with Crippen molar-refractivity contribution in [2.45, 2.75) is 19.4 Å². The Balaban J connectivity index is 0. The van der Waals surface area contributed by atoms with Gasteiger partial charge in [-0.3, -0.25) is 0 Å². The van der Waals surface area contributed by atoms with Crippen LogP contribution in [0.4, 0.5) is 0 Å². The van der Waals surface area contributed by atoms with Crippen molar-refractivity contribution in [1.29, 1.82) is 0 Å². The molecule has 0 aliphatic carbocycles. The van der Waals surface area contributed by atoms with Crippen molar-refractivity contribution in [3.8, 4) is 0 Å². The zero-order valence-corrected chi connectivity index (χ0v) is 4.98. The molecular weight excluding hydrogens is 103 g/mol. The molecular formula is C3H11NaOSi. The van der Waals surface area contributed by atoms with Crippen LogP contribution in [0.2, 0.25) is 6.04 Å². The van der Waals surface area contributed by atoms with E-state index in [9.17, 15) is 0 Å². The van der Waals surface area contributed by atoms with Crippen molar-refractivity contribution in [1.82, 2.24) is 0 Å². The standard InChI is InChI=1S/C3H10OSi.Na.H/c1-2-3-5-4;;/h4H,2-3,5H2,1H3;;. The molecule has 34 valence electrons. The minimum absolute atomic E-state index is 0. The molecule has 0 bridgehead atoms. The second-order valence-corrected chi connectivity index (χ2v) is 2.23. The van der Waals surface area contributed by atoms with E-state index >= 15 is 0 Å². The quantitative estimate of drug-likeness (QED) is 0.468. The first-order chi connectivity index (χ1) is 2.41. The van der Waals surface area contributed by atoms with E-state index in [1.54, 1.807) is 0 Å². The van der Waals surface area contributed by atoms with E-state index in [2.05, 4.69) is 6.92 Å². The summed E-state index contributed by atoms with van der Waals surface area (Å²) < 4.78 is 0. The van der Waals surface area contributed by atoms with E-state index in [1.807, 2.05) is 0 Å². The number of rotatable bonds is 2. The fraction of sp³-hybridized carbons (Fsp3) is 1.00. The van der Waals surface area contributed by atoms with Crippen molar-refractivity contribution in [2.75, 3.05) is 0 Å². The molecule has 3 heteroatoms. The first-order valence-corrected chi connectivity index (χ1v) is 3.66. The van der Waals surface area contributed by atoms with E-state index in [4.69, 9.17) is 4.80 Å². The third-order valence-corrected chi connectivity index (χ3v) is 1.54. The SMILES string of the molecule is CCC[SiH2]O.[NaH]. The summed E-state index contributed by atoms with van der Waals surface area (Å²) in [5.41, 5.74) is 0. The van der Waals surface area contributed by atoms with Gasteiger partial charge in [-0.25, -0.2) is 0 Å². The van der Waals surface area contributed by atoms with Gasteiger partial charge in [0.15, 0.2) is 9.76 Å². The van der Waals surface area contributed by atoms with Crippen LogP contribution in [-0.4, -0.2) is 44.1 Å². The van der Waals surface area contributed by atoms with Gasteiger partial charge in [-0.05, 0) is 6.04 Å². The van der Waals surface area contributed by atoms with Gasteiger partial charge >= 0.3 is 29.6 Å². The number of hydrogen-bond donors (Lipinski definition) is 1. The molecule has 0 unspecified atom stereocenters. The van der Waals surface area contributed by atoms with Gasteiger partial charge in [0.05, 0.1) is 0 Å². The Morgan fingerprint density at radius 3 is 2.17 bits per heavy atom. The van der Waals surface area contributed by atoms with Crippen LogP contribution in [0.25, 0.3) is 0 Å². The Morgan fingerprint density at radius 1 is 1.67 bits per heavy atom. The van der Waals surface area contributed by atoms with Gasteiger partial charge in [0.2, 0.25) is 0 Å². The van der Waals surface area contributed by atoms with Crippen molar-refractivity contribution in [3.63, 3.8) is 0 Å². The molecule has 0 aliphatic rings. The summed E-state index contributed by atoms with van der Waals surface area (Å²) in [6.07, 6.45) is 1.16. The first kappa shape index (κ1) is 10.2. The average Bonchev–Trinajstić information content (AvgIpc) is 1.41. The van der Waals surface area contributed by atoms with Crippen LogP contribution < -0.4 is 0 Å². The summed E-state index contributed by atoms with van der Waals surface area (Å²) in [6, 6.07) is 1.08. The van der Waals surface area contributed by atoms with Gasteiger partial charge in [0, 0.05) is 0 Å². The zero-order chi connectivity index (χ0) is 4.12. The first-order valence-electron chi connectivity index (χ1n) is 2.02. The third kappa shape index (κ3) is 8.95. The summed E-state index contributed by atoms with van der Waals surface area (Å²) in [5, 5.41) is 0. The average molecular weight is 114 g/mol. The van der Waals surface area contributed by atoms with Crippen LogP contribution in [0, 0.1) is 0 Å². The van der Waals surface area contributed by atoms with Crippen LogP contribution in [0.15, 0.2) is 0 Å². The van der Waals surface area contributed by atoms with E-state index in [-0.39, 0.29) is 29.6 Å². The maximum absolute atomic E-state index is 8.21. The normalized spacial score (nSPS) is 9.00. The van der Waals surface area contributed by atoms with Gasteiger partial charge in [-0.1, -0.05) is 13.3 Å². The molecule has 0 aromatic heterocycles. The molecule has 0 saturated heterocycles. The Morgan fingerprint density at radius 2 is 2.17 bits per heavy atom. The predicted molar refractivity (Wildman–Crippen MR) is 33.0 cm³/mol. The molecule has 1 N–H and O–H groups in total. The van der Waals surface area contributed by atoms with Crippen molar-refractivity contribution in [2.24, 2.45) is 0 Å². The van der Waals surface area contributed by atoms with Crippen LogP contribution in [0.1, 0.15) is 13.3 Å². The predicted octanol–water partition coefficient (Wildman–Crippen LogP) is -0.758. The van der Waals surface area contributed by atoms with E-state index < -0.39 is 9.76 Å². The second-order valence-electron chi connectivity index (χ2n) is 1.08. The Hall–Kier alpha value is 1.18. The summed E-state index contributed by atoms with van der Waals surface area (Å²) in [6.45, 7) is 2.09. The van der Waals surface area contributed by atoms with Crippen molar-refractivity contribution in [3.05, 3.63) is 0 Å². The monoisotopic (exact) mass is 114 g/mol. The summed E-state index contributed by atoms with van der Waals surface area (Å²) in [5.74, 6) is 0. The summed E-state index contributed by atoms with van der Waals surface area (Å²) >= 11 is 0. The molecule has 0 saturated carbocycles. The van der Waals surface area contributed by atoms with Crippen LogP contribution in [0.3, 0.4) is 0 Å². The number of hydrogen-bond acceptors (Lipinski definition) is 1. The van der Waals surface area contributed by atoms with Crippen molar-refractivity contribution < 1.29 is 4.80 Å². The van der Waals surface area contributed by atoms with E-state index in [0.717, 1.165) is 12.5 Å². The van der Waals surface area contributed by atoms with E-state index in [1.165, 1.54) is 0 Å². The molecule has 0 amide bonds. The molecule has 0 atom stereocenters. The zero-order valence-electron chi connectivity index (χ0n) is 3.57. The molecule has 0 aliphatic heterocycles. The minimum atomic E-state index is -0.586.